The smallest absolute Gasteiger partial charge is 0.271 e. The van der Waals surface area contributed by atoms with Crippen LogP contribution in [0.25, 0.3) is 10.6 Å². The van der Waals surface area contributed by atoms with Crippen LogP contribution in [-0.2, 0) is 7.05 Å². The highest BCUT2D eigenvalue weighted by atomic mass is 32.1. The Morgan fingerprint density at radius 2 is 1.93 bits per heavy atom. The van der Waals surface area contributed by atoms with Crippen molar-refractivity contribution in [3.05, 3.63) is 69.9 Å². The summed E-state index contributed by atoms with van der Waals surface area (Å²) in [5.41, 5.74) is 2.18. The zero-order valence-electron chi connectivity index (χ0n) is 16.7. The van der Waals surface area contributed by atoms with Crippen molar-refractivity contribution < 1.29 is 14.3 Å². The number of benzene rings is 1. The van der Waals surface area contributed by atoms with Crippen molar-refractivity contribution in [2.75, 3.05) is 14.2 Å². The molecule has 1 N–H and O–H groups in total. The van der Waals surface area contributed by atoms with E-state index in [1.165, 1.54) is 11.3 Å². The molecule has 4 rings (SSSR count). The van der Waals surface area contributed by atoms with Crippen LogP contribution in [0.2, 0.25) is 0 Å². The lowest BCUT2D eigenvalue weighted by Gasteiger charge is -2.20. The molecule has 3 aromatic heterocycles. The van der Waals surface area contributed by atoms with E-state index in [1.54, 1.807) is 43.2 Å². The maximum absolute atomic E-state index is 13.1. The topological polar surface area (TPSA) is 78.3 Å². The molecule has 0 saturated carbocycles. The molecule has 1 aromatic carbocycles. The summed E-state index contributed by atoms with van der Waals surface area (Å²) < 4.78 is 12.7. The monoisotopic (exact) mass is 440 g/mol. The van der Waals surface area contributed by atoms with Gasteiger partial charge in [-0.25, -0.2) is 9.97 Å². The Bertz CT molecular complexity index is 1130. The van der Waals surface area contributed by atoms with Gasteiger partial charge in [0.05, 0.1) is 14.2 Å². The van der Waals surface area contributed by atoms with Gasteiger partial charge >= 0.3 is 0 Å². The van der Waals surface area contributed by atoms with Gasteiger partial charge in [-0.2, -0.15) is 11.3 Å². The molecule has 0 spiro atoms. The van der Waals surface area contributed by atoms with Gasteiger partial charge in [0.25, 0.3) is 5.91 Å². The molecule has 1 unspecified atom stereocenters. The Hall–Kier alpha value is -3.17. The molecular formula is C21H20N4O3S2. The number of thiazole rings is 1. The number of amides is 1. The van der Waals surface area contributed by atoms with Crippen molar-refractivity contribution in [2.24, 2.45) is 7.05 Å². The third kappa shape index (κ3) is 4.07. The number of nitrogens with zero attached hydrogens (tertiary/aromatic N) is 3. The molecule has 3 heterocycles. The zero-order chi connectivity index (χ0) is 21.1. The first-order chi connectivity index (χ1) is 14.6. The second-order valence-electron chi connectivity index (χ2n) is 6.50. The first-order valence-electron chi connectivity index (χ1n) is 9.08. The van der Waals surface area contributed by atoms with E-state index >= 15 is 0 Å². The lowest BCUT2D eigenvalue weighted by Crippen LogP contribution is -2.31. The van der Waals surface area contributed by atoms with Crippen LogP contribution in [0.3, 0.4) is 0 Å². The molecule has 0 aliphatic rings. The second kappa shape index (κ2) is 8.68. The van der Waals surface area contributed by atoms with E-state index in [0.29, 0.717) is 23.0 Å². The molecule has 0 fully saturated rings. The Labute approximate surface area is 182 Å². The van der Waals surface area contributed by atoms with E-state index in [4.69, 9.17) is 9.47 Å². The molecule has 0 bridgehead atoms. The van der Waals surface area contributed by atoms with Crippen molar-refractivity contribution in [1.82, 2.24) is 19.9 Å². The molecule has 1 atom stereocenters. The summed E-state index contributed by atoms with van der Waals surface area (Å²) in [6.45, 7) is 0. The molecule has 4 aromatic rings. The molecular weight excluding hydrogens is 420 g/mol. The maximum atomic E-state index is 13.1. The third-order valence-corrected chi connectivity index (χ3v) is 6.18. The number of thiophene rings is 1. The van der Waals surface area contributed by atoms with Crippen LogP contribution in [0.4, 0.5) is 0 Å². The number of aromatic nitrogens is 3. The number of rotatable bonds is 7. The summed E-state index contributed by atoms with van der Waals surface area (Å²) >= 11 is 3.04. The number of carbonyl (C=O) groups is 1. The number of methoxy groups -OCH3 is 2. The van der Waals surface area contributed by atoms with Crippen LogP contribution in [-0.4, -0.2) is 34.7 Å². The Balaban J connectivity index is 1.68. The molecule has 9 heteroatoms. The molecule has 7 nitrogen and oxygen atoms in total. The van der Waals surface area contributed by atoms with Crippen molar-refractivity contribution in [3.63, 3.8) is 0 Å². The quantitative estimate of drug-likeness (QED) is 0.467. The number of aryl methyl sites for hydroxylation is 1. The van der Waals surface area contributed by atoms with Gasteiger partial charge in [-0.1, -0.05) is 0 Å². The van der Waals surface area contributed by atoms with E-state index in [2.05, 4.69) is 15.3 Å². The molecule has 1 amide bonds. The fourth-order valence-corrected chi connectivity index (χ4v) is 4.56. The summed E-state index contributed by atoms with van der Waals surface area (Å²) in [6, 6.07) is 6.99. The summed E-state index contributed by atoms with van der Waals surface area (Å²) in [4.78, 5) is 22.0. The number of ether oxygens (including phenoxy) is 2. The third-order valence-electron chi connectivity index (χ3n) is 4.60. The van der Waals surface area contributed by atoms with Crippen LogP contribution < -0.4 is 14.8 Å². The molecule has 0 aliphatic heterocycles. The molecule has 0 saturated heterocycles. The molecule has 154 valence electrons. The number of carbonyl (C=O) groups excluding carboxylic acids is 1. The highest BCUT2D eigenvalue weighted by molar-refractivity contribution is 7.14. The van der Waals surface area contributed by atoms with Crippen LogP contribution >= 0.6 is 22.7 Å². The van der Waals surface area contributed by atoms with E-state index in [9.17, 15) is 4.79 Å². The SMILES string of the molecule is COc1cc(OC)cc(C(NC(=O)c2csc(-c3ccsc3)n2)c2nccn2C)c1. The van der Waals surface area contributed by atoms with Gasteiger partial charge in [0.1, 0.15) is 34.1 Å². The Morgan fingerprint density at radius 3 is 2.53 bits per heavy atom. The minimum absolute atomic E-state index is 0.275. The van der Waals surface area contributed by atoms with E-state index < -0.39 is 6.04 Å². The van der Waals surface area contributed by atoms with Gasteiger partial charge < -0.3 is 19.4 Å². The van der Waals surface area contributed by atoms with Crippen LogP contribution in [0.1, 0.15) is 27.9 Å². The van der Waals surface area contributed by atoms with E-state index in [1.807, 2.05) is 46.8 Å². The lowest BCUT2D eigenvalue weighted by molar-refractivity contribution is 0.0936. The average Bonchev–Trinajstić information content (AvgIpc) is 3.52. The fourth-order valence-electron chi connectivity index (χ4n) is 3.05. The first kappa shape index (κ1) is 20.1. The van der Waals surface area contributed by atoms with Crippen LogP contribution in [0.5, 0.6) is 11.5 Å². The number of nitrogens with one attached hydrogen (secondary N) is 1. The van der Waals surface area contributed by atoms with Gasteiger partial charge in [-0.05, 0) is 29.1 Å². The summed E-state index contributed by atoms with van der Waals surface area (Å²) in [5, 5.41) is 9.66. The highest BCUT2D eigenvalue weighted by Crippen LogP contribution is 2.30. The second-order valence-corrected chi connectivity index (χ2v) is 8.14. The van der Waals surface area contributed by atoms with E-state index in [-0.39, 0.29) is 5.91 Å². The van der Waals surface area contributed by atoms with Crippen LogP contribution in [0, 0.1) is 0 Å². The van der Waals surface area contributed by atoms with Crippen LogP contribution in [0.15, 0.2) is 52.8 Å². The van der Waals surface area contributed by atoms with Crippen molar-refractivity contribution >= 4 is 28.6 Å². The Morgan fingerprint density at radius 1 is 1.17 bits per heavy atom. The van der Waals surface area contributed by atoms with Gasteiger partial charge in [0, 0.05) is 41.8 Å². The summed E-state index contributed by atoms with van der Waals surface area (Å²) in [5.74, 6) is 1.67. The molecule has 0 radical (unpaired) electrons. The van der Waals surface area contributed by atoms with Gasteiger partial charge in [0.15, 0.2) is 0 Å². The van der Waals surface area contributed by atoms with Crippen molar-refractivity contribution in [3.8, 4) is 22.1 Å². The molecule has 0 aliphatic carbocycles. The van der Waals surface area contributed by atoms with Gasteiger partial charge in [-0.3, -0.25) is 4.79 Å². The fraction of sp³-hybridized carbons (Fsp3) is 0.190. The molecule has 30 heavy (non-hydrogen) atoms. The van der Waals surface area contributed by atoms with Crippen molar-refractivity contribution in [2.45, 2.75) is 6.04 Å². The largest absolute Gasteiger partial charge is 0.497 e. The summed E-state index contributed by atoms with van der Waals surface area (Å²) in [6.07, 6.45) is 3.53. The average molecular weight is 441 g/mol. The van der Waals surface area contributed by atoms with Crippen molar-refractivity contribution in [1.29, 1.82) is 0 Å². The number of hydrogen-bond acceptors (Lipinski definition) is 7. The number of hydrogen-bond donors (Lipinski definition) is 1. The van der Waals surface area contributed by atoms with Gasteiger partial charge in [0.2, 0.25) is 0 Å². The zero-order valence-corrected chi connectivity index (χ0v) is 18.3. The summed E-state index contributed by atoms with van der Waals surface area (Å²) in [7, 11) is 5.07. The standard InChI is InChI=1S/C21H20N4O3S2/c1-25-6-5-22-19(25)18(14-8-15(27-2)10-16(9-14)28-3)24-20(26)17-12-30-21(23-17)13-4-7-29-11-13/h4-12,18H,1-3H3,(H,24,26). The van der Waals surface area contributed by atoms with E-state index in [0.717, 1.165) is 16.1 Å². The first-order valence-corrected chi connectivity index (χ1v) is 10.9. The number of imidazole rings is 1. The minimum Gasteiger partial charge on any atom is -0.497 e. The Kier molecular flexibility index (Phi) is 5.82. The maximum Gasteiger partial charge on any atom is 0.271 e. The van der Waals surface area contributed by atoms with Gasteiger partial charge in [-0.15, -0.1) is 11.3 Å². The minimum atomic E-state index is -0.507. The highest BCUT2D eigenvalue weighted by Gasteiger charge is 2.24. The predicted molar refractivity (Wildman–Crippen MR) is 117 cm³/mol. The lowest BCUT2D eigenvalue weighted by atomic mass is 10.0. The normalized spacial score (nSPS) is 11.8. The predicted octanol–water partition coefficient (Wildman–Crippen LogP) is 4.14.